The highest BCUT2D eigenvalue weighted by Gasteiger charge is 2.31. The molecule has 1 aromatic heterocycles. The predicted octanol–water partition coefficient (Wildman–Crippen LogP) is 1.16. The summed E-state index contributed by atoms with van der Waals surface area (Å²) in [6, 6.07) is 2.38. The Labute approximate surface area is 156 Å². The molecule has 0 radical (unpaired) electrons. The number of nitrogens with zero attached hydrogens (tertiary/aromatic N) is 4. The van der Waals surface area contributed by atoms with Gasteiger partial charge in [-0.05, 0) is 24.1 Å². The number of hydrogen-bond acceptors (Lipinski definition) is 4. The molecule has 1 amide bonds. The lowest BCUT2D eigenvalue weighted by Crippen LogP contribution is -2.50. The third-order valence-electron chi connectivity index (χ3n) is 4.49. The lowest BCUT2D eigenvalue weighted by molar-refractivity contribution is -0.132. The fourth-order valence-electron chi connectivity index (χ4n) is 3.01. The summed E-state index contributed by atoms with van der Waals surface area (Å²) in [5, 5.41) is 4.05. The van der Waals surface area contributed by atoms with Crippen LogP contribution in [-0.4, -0.2) is 59.5 Å². The molecule has 0 unspecified atom stereocenters. The molecule has 2 aromatic rings. The molecule has 0 N–H and O–H groups in total. The van der Waals surface area contributed by atoms with E-state index in [1.165, 1.54) is 0 Å². The minimum absolute atomic E-state index is 0.0659. The Kier molecular flexibility index (Phi) is 5.56. The van der Waals surface area contributed by atoms with Crippen molar-refractivity contribution in [3.8, 4) is 0 Å². The first-order chi connectivity index (χ1) is 12.8. The fourth-order valence-corrected chi connectivity index (χ4v) is 4.48. The van der Waals surface area contributed by atoms with Gasteiger partial charge in [0.1, 0.15) is 16.5 Å². The fraction of sp³-hybridized carbons (Fsp3) is 0.412. The van der Waals surface area contributed by atoms with Crippen LogP contribution in [0.4, 0.5) is 8.78 Å². The highest BCUT2D eigenvalue weighted by molar-refractivity contribution is 7.89. The summed E-state index contributed by atoms with van der Waals surface area (Å²) >= 11 is 0. The molecule has 1 fully saturated rings. The number of carbonyl (C=O) groups is 1. The van der Waals surface area contributed by atoms with Gasteiger partial charge >= 0.3 is 0 Å². The van der Waals surface area contributed by atoms with Crippen LogP contribution in [0.2, 0.25) is 0 Å². The zero-order chi connectivity index (χ0) is 19.6. The second-order valence-corrected chi connectivity index (χ2v) is 8.29. The Morgan fingerprint density at radius 2 is 1.89 bits per heavy atom. The van der Waals surface area contributed by atoms with E-state index in [-0.39, 0.29) is 32.1 Å². The quantitative estimate of drug-likeness (QED) is 0.758. The maximum Gasteiger partial charge on any atom is 0.246 e. The second kappa shape index (κ2) is 7.73. The first-order valence-corrected chi connectivity index (χ1v) is 9.92. The van der Waals surface area contributed by atoms with Gasteiger partial charge in [-0.2, -0.15) is 9.40 Å². The van der Waals surface area contributed by atoms with Crippen LogP contribution in [0.3, 0.4) is 0 Å². The molecule has 0 aliphatic carbocycles. The summed E-state index contributed by atoms with van der Waals surface area (Å²) < 4.78 is 54.8. The van der Waals surface area contributed by atoms with Crippen molar-refractivity contribution in [1.29, 1.82) is 0 Å². The summed E-state index contributed by atoms with van der Waals surface area (Å²) in [7, 11) is -2.27. The molecule has 1 saturated heterocycles. The molecule has 27 heavy (non-hydrogen) atoms. The maximum absolute atomic E-state index is 13.9. The average Bonchev–Trinajstić information content (AvgIpc) is 3.05. The van der Waals surface area contributed by atoms with Crippen LogP contribution in [0.15, 0.2) is 35.5 Å². The van der Waals surface area contributed by atoms with Crippen molar-refractivity contribution >= 4 is 15.9 Å². The summed E-state index contributed by atoms with van der Waals surface area (Å²) in [4.78, 5) is 13.4. The average molecular weight is 398 g/mol. The van der Waals surface area contributed by atoms with Gasteiger partial charge in [-0.15, -0.1) is 0 Å². The number of benzene rings is 1. The van der Waals surface area contributed by atoms with Gasteiger partial charge in [0.05, 0.1) is 6.20 Å². The Morgan fingerprint density at radius 1 is 1.19 bits per heavy atom. The van der Waals surface area contributed by atoms with Gasteiger partial charge in [0.2, 0.25) is 15.9 Å². The first-order valence-electron chi connectivity index (χ1n) is 8.48. The van der Waals surface area contributed by atoms with Crippen molar-refractivity contribution in [3.63, 3.8) is 0 Å². The number of aryl methyl sites for hydroxylation is 2. The van der Waals surface area contributed by atoms with Gasteiger partial charge in [0.25, 0.3) is 0 Å². The van der Waals surface area contributed by atoms with E-state index in [1.807, 2.05) is 6.20 Å². The Hall–Kier alpha value is -2.33. The van der Waals surface area contributed by atoms with Gasteiger partial charge in [0.15, 0.2) is 0 Å². The molecule has 3 rings (SSSR count). The van der Waals surface area contributed by atoms with Crippen LogP contribution in [-0.2, 0) is 28.3 Å². The van der Waals surface area contributed by atoms with Crippen LogP contribution in [0.1, 0.15) is 12.0 Å². The predicted molar refractivity (Wildman–Crippen MR) is 93.2 cm³/mol. The summed E-state index contributed by atoms with van der Waals surface area (Å²) in [6.45, 7) is 0.595. The van der Waals surface area contributed by atoms with E-state index in [2.05, 4.69) is 5.10 Å². The molecular weight excluding hydrogens is 378 g/mol. The van der Waals surface area contributed by atoms with E-state index in [0.29, 0.717) is 18.9 Å². The van der Waals surface area contributed by atoms with Crippen molar-refractivity contribution in [1.82, 2.24) is 19.0 Å². The minimum Gasteiger partial charge on any atom is -0.340 e. The number of aromatic nitrogens is 2. The molecule has 1 aliphatic rings. The van der Waals surface area contributed by atoms with E-state index in [9.17, 15) is 22.0 Å². The number of amides is 1. The monoisotopic (exact) mass is 398 g/mol. The van der Waals surface area contributed by atoms with Crippen LogP contribution >= 0.6 is 0 Å². The number of carbonyl (C=O) groups excluding carboxylic acids is 1. The third kappa shape index (κ3) is 4.33. The van der Waals surface area contributed by atoms with Crippen LogP contribution in [0.25, 0.3) is 0 Å². The number of sulfonamides is 1. The molecule has 0 saturated carbocycles. The summed E-state index contributed by atoms with van der Waals surface area (Å²) in [5.41, 5.74) is 0.957. The Bertz CT molecular complexity index is 937. The lowest BCUT2D eigenvalue weighted by atomic mass is 10.2. The number of halogens is 2. The molecule has 0 spiro atoms. The highest BCUT2D eigenvalue weighted by Crippen LogP contribution is 2.21. The standard InChI is InChI=1S/C17H20F2N4O3S/c1-21-12-13(11-20-21)2-5-17(24)22-6-8-23(9-7-22)27(25,26)16-4-3-14(18)10-15(16)19/h3-4,10-12H,2,5-9H2,1H3. The topological polar surface area (TPSA) is 75.5 Å². The Balaban J connectivity index is 1.58. The number of hydrogen-bond donors (Lipinski definition) is 0. The van der Waals surface area contributed by atoms with Crippen molar-refractivity contribution < 1.29 is 22.0 Å². The van der Waals surface area contributed by atoms with Gasteiger partial charge in [-0.25, -0.2) is 17.2 Å². The van der Waals surface area contributed by atoms with Gasteiger partial charge in [-0.3, -0.25) is 9.48 Å². The molecule has 146 valence electrons. The van der Waals surface area contributed by atoms with Crippen molar-refractivity contribution in [3.05, 3.63) is 47.8 Å². The van der Waals surface area contributed by atoms with Gasteiger partial charge in [-0.1, -0.05) is 0 Å². The zero-order valence-electron chi connectivity index (χ0n) is 14.8. The van der Waals surface area contributed by atoms with E-state index in [4.69, 9.17) is 0 Å². The van der Waals surface area contributed by atoms with Crippen molar-refractivity contribution in [2.75, 3.05) is 26.2 Å². The first kappa shape index (κ1) is 19.4. The molecule has 1 aliphatic heterocycles. The van der Waals surface area contributed by atoms with Crippen LogP contribution < -0.4 is 0 Å². The Morgan fingerprint density at radius 3 is 2.48 bits per heavy atom. The highest BCUT2D eigenvalue weighted by atomic mass is 32.2. The molecular formula is C17H20F2N4O3S. The zero-order valence-corrected chi connectivity index (χ0v) is 15.6. The van der Waals surface area contributed by atoms with Crippen LogP contribution in [0, 0.1) is 11.6 Å². The van der Waals surface area contributed by atoms with E-state index in [1.54, 1.807) is 22.8 Å². The lowest BCUT2D eigenvalue weighted by Gasteiger charge is -2.34. The molecule has 1 aromatic carbocycles. The molecule has 0 bridgehead atoms. The number of piperazine rings is 1. The molecule has 2 heterocycles. The second-order valence-electron chi connectivity index (χ2n) is 6.38. The minimum atomic E-state index is -4.07. The maximum atomic E-state index is 13.9. The SMILES string of the molecule is Cn1cc(CCC(=O)N2CCN(S(=O)(=O)c3ccc(F)cc3F)CC2)cn1. The van der Waals surface area contributed by atoms with Crippen LogP contribution in [0.5, 0.6) is 0 Å². The smallest absolute Gasteiger partial charge is 0.246 e. The molecule has 10 heteroatoms. The van der Waals surface area contributed by atoms with E-state index >= 15 is 0 Å². The number of rotatable bonds is 5. The van der Waals surface area contributed by atoms with E-state index in [0.717, 1.165) is 22.0 Å². The summed E-state index contributed by atoms with van der Waals surface area (Å²) in [6.07, 6.45) is 4.42. The van der Waals surface area contributed by atoms with Gasteiger partial charge in [0, 0.05) is 51.9 Å². The van der Waals surface area contributed by atoms with Gasteiger partial charge < -0.3 is 4.90 Å². The normalized spacial score (nSPS) is 15.9. The van der Waals surface area contributed by atoms with Crippen molar-refractivity contribution in [2.24, 2.45) is 7.05 Å². The molecule has 7 nitrogen and oxygen atoms in total. The summed E-state index contributed by atoms with van der Waals surface area (Å²) in [5.74, 6) is -2.02. The van der Waals surface area contributed by atoms with Crippen molar-refractivity contribution in [2.45, 2.75) is 17.7 Å². The van der Waals surface area contributed by atoms with E-state index < -0.39 is 26.6 Å². The third-order valence-corrected chi connectivity index (χ3v) is 6.42. The molecule has 0 atom stereocenters. The largest absolute Gasteiger partial charge is 0.340 e.